The lowest BCUT2D eigenvalue weighted by molar-refractivity contribution is -0.120. The molecule has 0 saturated carbocycles. The van der Waals surface area contributed by atoms with Crippen LogP contribution < -0.4 is 9.62 Å². The lowest BCUT2D eigenvalue weighted by atomic mass is 10.1. The molecule has 0 saturated heterocycles. The number of nitrogens with one attached hydrogen (secondary N) is 1. The maximum Gasteiger partial charge on any atom is 0.264 e. The average molecular weight is 427 g/mol. The third kappa shape index (κ3) is 4.86. The van der Waals surface area contributed by atoms with E-state index in [-0.39, 0.29) is 16.6 Å². The van der Waals surface area contributed by atoms with Crippen LogP contribution in [0.2, 0.25) is 0 Å². The van der Waals surface area contributed by atoms with Crippen molar-refractivity contribution in [3.05, 3.63) is 95.8 Å². The van der Waals surface area contributed by atoms with Gasteiger partial charge in [-0.1, -0.05) is 60.2 Å². The molecular weight excluding hydrogens is 403 g/mol. The van der Waals surface area contributed by atoms with Gasteiger partial charge >= 0.3 is 0 Å². The first-order chi connectivity index (χ1) is 14.3. The minimum atomic E-state index is -4.15. The fraction of sp³-hybridized carbons (Fsp3) is 0.174. The number of carbonyl (C=O) groups excluding carboxylic acids is 1. The van der Waals surface area contributed by atoms with E-state index in [2.05, 4.69) is 5.32 Å². The Hall–Kier alpha value is -3.19. The molecule has 1 atom stereocenters. The molecule has 0 aliphatic carbocycles. The molecule has 0 aliphatic heterocycles. The highest BCUT2D eigenvalue weighted by Crippen LogP contribution is 2.26. The topological polar surface area (TPSA) is 66.5 Å². The first-order valence-corrected chi connectivity index (χ1v) is 10.9. The van der Waals surface area contributed by atoms with Gasteiger partial charge in [-0.3, -0.25) is 9.10 Å². The van der Waals surface area contributed by atoms with Gasteiger partial charge in [0.1, 0.15) is 12.4 Å². The van der Waals surface area contributed by atoms with Gasteiger partial charge in [-0.25, -0.2) is 12.8 Å². The van der Waals surface area contributed by atoms with Crippen LogP contribution >= 0.6 is 0 Å². The van der Waals surface area contributed by atoms with Gasteiger partial charge in [0.2, 0.25) is 5.91 Å². The van der Waals surface area contributed by atoms with Gasteiger partial charge in [-0.05, 0) is 43.7 Å². The Bertz CT molecular complexity index is 1120. The molecule has 7 heteroatoms. The lowest BCUT2D eigenvalue weighted by Crippen LogP contribution is -2.42. The van der Waals surface area contributed by atoms with E-state index in [1.807, 2.05) is 38.1 Å². The summed E-state index contributed by atoms with van der Waals surface area (Å²) >= 11 is 0. The predicted octanol–water partition coefficient (Wildman–Crippen LogP) is 4.21. The Labute approximate surface area is 176 Å². The molecule has 5 nitrogen and oxygen atoms in total. The van der Waals surface area contributed by atoms with Gasteiger partial charge in [0.15, 0.2) is 0 Å². The van der Waals surface area contributed by atoms with Crippen LogP contribution in [0.25, 0.3) is 0 Å². The highest BCUT2D eigenvalue weighted by atomic mass is 32.2. The van der Waals surface area contributed by atoms with E-state index >= 15 is 0 Å². The fourth-order valence-corrected chi connectivity index (χ4v) is 4.48. The first kappa shape index (κ1) is 21.5. The van der Waals surface area contributed by atoms with E-state index in [0.29, 0.717) is 0 Å². The van der Waals surface area contributed by atoms with Crippen molar-refractivity contribution in [2.45, 2.75) is 24.8 Å². The van der Waals surface area contributed by atoms with Gasteiger partial charge in [-0.15, -0.1) is 0 Å². The van der Waals surface area contributed by atoms with Crippen LogP contribution in [0.15, 0.2) is 83.8 Å². The Kier molecular flexibility index (Phi) is 6.52. The number of nitrogens with zero attached hydrogens (tertiary/aromatic N) is 1. The Morgan fingerprint density at radius 3 is 2.20 bits per heavy atom. The smallest absolute Gasteiger partial charge is 0.264 e. The highest BCUT2D eigenvalue weighted by Gasteiger charge is 2.29. The summed E-state index contributed by atoms with van der Waals surface area (Å²) in [5, 5.41) is 2.79. The summed E-state index contributed by atoms with van der Waals surface area (Å²) < 4.78 is 41.7. The van der Waals surface area contributed by atoms with Crippen molar-refractivity contribution in [2.75, 3.05) is 10.8 Å². The maximum atomic E-state index is 14.5. The fourth-order valence-electron chi connectivity index (χ4n) is 3.03. The summed E-state index contributed by atoms with van der Waals surface area (Å²) in [6.07, 6.45) is 0. The van der Waals surface area contributed by atoms with Crippen LogP contribution in [-0.4, -0.2) is 20.9 Å². The second-order valence-corrected chi connectivity index (χ2v) is 8.84. The minimum absolute atomic E-state index is 0.0207. The van der Waals surface area contributed by atoms with Crippen molar-refractivity contribution in [3.8, 4) is 0 Å². The van der Waals surface area contributed by atoms with Crippen molar-refractivity contribution >= 4 is 21.6 Å². The number of para-hydroxylation sites is 1. The largest absolute Gasteiger partial charge is 0.348 e. The SMILES string of the molecule is Cc1ccc(C(C)NC(=O)CN(c2ccccc2F)S(=O)(=O)c2ccccc2)cc1. The van der Waals surface area contributed by atoms with Gasteiger partial charge in [-0.2, -0.15) is 0 Å². The van der Waals surface area contributed by atoms with E-state index < -0.39 is 28.3 Å². The number of carbonyl (C=O) groups is 1. The maximum absolute atomic E-state index is 14.5. The zero-order valence-electron chi connectivity index (χ0n) is 16.7. The van der Waals surface area contributed by atoms with Gasteiger partial charge in [0.05, 0.1) is 16.6 Å². The third-order valence-electron chi connectivity index (χ3n) is 4.69. The molecule has 0 heterocycles. The van der Waals surface area contributed by atoms with E-state index in [1.165, 1.54) is 30.3 Å². The van der Waals surface area contributed by atoms with Crippen molar-refractivity contribution < 1.29 is 17.6 Å². The first-order valence-electron chi connectivity index (χ1n) is 9.47. The number of halogens is 1. The molecular formula is C23H23FN2O3S. The number of benzene rings is 3. The molecule has 156 valence electrons. The normalized spacial score (nSPS) is 12.2. The Morgan fingerprint density at radius 1 is 0.967 bits per heavy atom. The van der Waals surface area contributed by atoms with E-state index in [1.54, 1.807) is 18.2 Å². The molecule has 1 N–H and O–H groups in total. The van der Waals surface area contributed by atoms with Crippen LogP contribution in [0.1, 0.15) is 24.1 Å². The van der Waals surface area contributed by atoms with Crippen LogP contribution in [-0.2, 0) is 14.8 Å². The number of aryl methyl sites for hydroxylation is 1. The molecule has 3 aromatic carbocycles. The molecule has 1 unspecified atom stereocenters. The molecule has 0 spiro atoms. The summed E-state index contributed by atoms with van der Waals surface area (Å²) in [4.78, 5) is 12.7. The second-order valence-electron chi connectivity index (χ2n) is 6.98. The molecule has 3 rings (SSSR count). The standard InChI is InChI=1S/C23H23FN2O3S/c1-17-12-14-19(15-13-17)18(2)25-23(27)16-26(22-11-7-6-10-21(22)24)30(28,29)20-8-4-3-5-9-20/h3-15,18H,16H2,1-2H3,(H,25,27). The predicted molar refractivity (Wildman–Crippen MR) is 115 cm³/mol. The van der Waals surface area contributed by atoms with Crippen molar-refractivity contribution in [2.24, 2.45) is 0 Å². The summed E-state index contributed by atoms with van der Waals surface area (Å²) in [6.45, 7) is 3.23. The van der Waals surface area contributed by atoms with Gasteiger partial charge in [0.25, 0.3) is 10.0 Å². The molecule has 0 radical (unpaired) electrons. The van der Waals surface area contributed by atoms with Crippen LogP contribution in [0.4, 0.5) is 10.1 Å². The van der Waals surface area contributed by atoms with Crippen LogP contribution in [0.5, 0.6) is 0 Å². The minimum Gasteiger partial charge on any atom is -0.348 e. The van der Waals surface area contributed by atoms with E-state index in [0.717, 1.165) is 21.5 Å². The molecule has 0 aliphatic rings. The zero-order valence-corrected chi connectivity index (χ0v) is 17.6. The molecule has 1 amide bonds. The summed E-state index contributed by atoms with van der Waals surface area (Å²) in [6, 6.07) is 20.5. The highest BCUT2D eigenvalue weighted by molar-refractivity contribution is 7.92. The molecule has 30 heavy (non-hydrogen) atoms. The molecule has 0 fully saturated rings. The number of amides is 1. The lowest BCUT2D eigenvalue weighted by Gasteiger charge is -2.25. The number of anilines is 1. The molecule has 0 aromatic heterocycles. The molecule has 0 bridgehead atoms. The quantitative estimate of drug-likeness (QED) is 0.616. The number of hydrogen-bond acceptors (Lipinski definition) is 3. The van der Waals surface area contributed by atoms with Crippen LogP contribution in [0.3, 0.4) is 0 Å². The zero-order chi connectivity index (χ0) is 21.7. The van der Waals surface area contributed by atoms with E-state index in [9.17, 15) is 17.6 Å². The summed E-state index contributed by atoms with van der Waals surface area (Å²) in [5.41, 5.74) is 1.80. The number of hydrogen-bond donors (Lipinski definition) is 1. The van der Waals surface area contributed by atoms with Gasteiger partial charge in [0, 0.05) is 0 Å². The second kappa shape index (κ2) is 9.09. The van der Waals surface area contributed by atoms with Crippen molar-refractivity contribution in [1.29, 1.82) is 0 Å². The number of sulfonamides is 1. The number of rotatable bonds is 7. The van der Waals surface area contributed by atoms with Crippen molar-refractivity contribution in [3.63, 3.8) is 0 Å². The Morgan fingerprint density at radius 2 is 1.57 bits per heavy atom. The Balaban J connectivity index is 1.88. The van der Waals surface area contributed by atoms with Gasteiger partial charge < -0.3 is 5.32 Å². The molecule has 3 aromatic rings. The summed E-state index contributed by atoms with van der Waals surface area (Å²) in [5.74, 6) is -1.26. The summed E-state index contributed by atoms with van der Waals surface area (Å²) in [7, 11) is -4.15. The van der Waals surface area contributed by atoms with E-state index in [4.69, 9.17) is 0 Å². The van der Waals surface area contributed by atoms with Crippen molar-refractivity contribution in [1.82, 2.24) is 5.32 Å². The van der Waals surface area contributed by atoms with Crippen LogP contribution in [0, 0.1) is 12.7 Å². The average Bonchev–Trinajstić information content (AvgIpc) is 2.73. The monoisotopic (exact) mass is 426 g/mol. The third-order valence-corrected chi connectivity index (χ3v) is 6.47.